The van der Waals surface area contributed by atoms with E-state index in [1.54, 1.807) is 24.4 Å². The maximum absolute atomic E-state index is 12.7. The van der Waals surface area contributed by atoms with E-state index in [4.69, 9.17) is 0 Å². The second kappa shape index (κ2) is 5.67. The Hall–Kier alpha value is -2.83. The number of H-pyrrole nitrogens is 1. The molecule has 0 aliphatic carbocycles. The van der Waals surface area contributed by atoms with Crippen LogP contribution in [0.25, 0.3) is 0 Å². The first-order valence-electron chi connectivity index (χ1n) is 8.05. The summed E-state index contributed by atoms with van der Waals surface area (Å²) >= 11 is 0. The molecular formula is C17H18N4O3. The molecule has 1 aromatic heterocycles. The first-order chi connectivity index (χ1) is 11.6. The minimum Gasteiger partial charge on any atom is -0.508 e. The number of fused-ring (bicyclic) bond motifs is 1. The highest BCUT2D eigenvalue weighted by atomic mass is 16.3. The van der Waals surface area contributed by atoms with E-state index in [0.29, 0.717) is 24.3 Å². The monoisotopic (exact) mass is 326 g/mol. The second-order valence-corrected chi connectivity index (χ2v) is 6.23. The zero-order valence-electron chi connectivity index (χ0n) is 13.1. The Morgan fingerprint density at radius 3 is 2.21 bits per heavy atom. The average molecular weight is 326 g/mol. The van der Waals surface area contributed by atoms with Crippen LogP contribution in [0.4, 0.5) is 0 Å². The number of nitrogens with zero attached hydrogens (tertiary/aromatic N) is 3. The standard InChI is InChI=1S/C17H18N4O3/c22-12-3-1-11(2-4-12)16(23)20-9-6-15-14(20)7-10-21(15)17(24)13-5-8-18-19-13/h1-5,8,14-15,22H,6-7,9-10H2,(H,18,19)/t14-,15+/m1/s1. The number of aromatic nitrogens is 2. The van der Waals surface area contributed by atoms with Crippen molar-refractivity contribution in [1.29, 1.82) is 0 Å². The first kappa shape index (κ1) is 14.7. The number of carbonyl (C=O) groups is 2. The minimum absolute atomic E-state index is 0.0432. The van der Waals surface area contributed by atoms with Crippen molar-refractivity contribution in [2.24, 2.45) is 0 Å². The zero-order chi connectivity index (χ0) is 16.7. The highest BCUT2D eigenvalue weighted by Crippen LogP contribution is 2.33. The Bertz CT molecular complexity index is 757. The van der Waals surface area contributed by atoms with E-state index in [1.807, 2.05) is 9.80 Å². The van der Waals surface area contributed by atoms with Crippen LogP contribution in [0.2, 0.25) is 0 Å². The number of aromatic hydroxyl groups is 1. The second-order valence-electron chi connectivity index (χ2n) is 6.23. The Balaban J connectivity index is 1.51. The Morgan fingerprint density at radius 1 is 1.00 bits per heavy atom. The molecule has 2 atom stereocenters. The Kier molecular flexibility index (Phi) is 3.48. The van der Waals surface area contributed by atoms with Gasteiger partial charge in [0, 0.05) is 24.8 Å². The van der Waals surface area contributed by atoms with Gasteiger partial charge in [0.25, 0.3) is 11.8 Å². The number of likely N-dealkylation sites (tertiary alicyclic amines) is 2. The smallest absolute Gasteiger partial charge is 0.272 e. The summed E-state index contributed by atoms with van der Waals surface area (Å²) in [5.41, 5.74) is 1.05. The fourth-order valence-corrected chi connectivity index (χ4v) is 3.79. The number of phenols is 1. The van der Waals surface area contributed by atoms with Gasteiger partial charge in [0.15, 0.2) is 0 Å². The topological polar surface area (TPSA) is 89.5 Å². The van der Waals surface area contributed by atoms with Crippen LogP contribution in [0.3, 0.4) is 0 Å². The van der Waals surface area contributed by atoms with E-state index in [-0.39, 0.29) is 29.6 Å². The molecule has 0 bridgehead atoms. The lowest BCUT2D eigenvalue weighted by Gasteiger charge is -2.25. The molecule has 3 heterocycles. The summed E-state index contributed by atoms with van der Waals surface area (Å²) in [6, 6.07) is 8.08. The maximum Gasteiger partial charge on any atom is 0.272 e. The molecule has 2 amide bonds. The van der Waals surface area contributed by atoms with Crippen LogP contribution < -0.4 is 0 Å². The zero-order valence-corrected chi connectivity index (χ0v) is 13.1. The maximum atomic E-state index is 12.7. The van der Waals surface area contributed by atoms with E-state index < -0.39 is 0 Å². The van der Waals surface area contributed by atoms with Gasteiger partial charge >= 0.3 is 0 Å². The van der Waals surface area contributed by atoms with Gasteiger partial charge in [0.2, 0.25) is 0 Å². The lowest BCUT2D eigenvalue weighted by atomic mass is 10.1. The molecule has 7 nitrogen and oxygen atoms in total. The van der Waals surface area contributed by atoms with Crippen LogP contribution >= 0.6 is 0 Å². The van der Waals surface area contributed by atoms with E-state index in [0.717, 1.165) is 12.8 Å². The van der Waals surface area contributed by atoms with Crippen molar-refractivity contribution in [1.82, 2.24) is 20.0 Å². The highest BCUT2D eigenvalue weighted by Gasteiger charge is 2.46. The van der Waals surface area contributed by atoms with Crippen LogP contribution in [0, 0.1) is 0 Å². The normalized spacial score (nSPS) is 22.7. The van der Waals surface area contributed by atoms with Crippen molar-refractivity contribution in [2.75, 3.05) is 13.1 Å². The van der Waals surface area contributed by atoms with Gasteiger partial charge < -0.3 is 14.9 Å². The fourth-order valence-electron chi connectivity index (χ4n) is 3.79. The summed E-state index contributed by atoms with van der Waals surface area (Å²) < 4.78 is 0. The summed E-state index contributed by atoms with van der Waals surface area (Å²) in [6.45, 7) is 1.29. The molecule has 24 heavy (non-hydrogen) atoms. The molecule has 0 spiro atoms. The van der Waals surface area contributed by atoms with Crippen molar-refractivity contribution in [3.05, 3.63) is 47.8 Å². The average Bonchev–Trinajstić information content (AvgIpc) is 3.31. The molecule has 2 aliphatic heterocycles. The number of aromatic amines is 1. The van der Waals surface area contributed by atoms with E-state index in [1.165, 1.54) is 12.1 Å². The summed E-state index contributed by atoms with van der Waals surface area (Å²) in [4.78, 5) is 29.0. The van der Waals surface area contributed by atoms with Crippen molar-refractivity contribution in [2.45, 2.75) is 24.9 Å². The van der Waals surface area contributed by atoms with Gasteiger partial charge in [-0.1, -0.05) is 0 Å². The summed E-state index contributed by atoms with van der Waals surface area (Å²) in [7, 11) is 0. The molecule has 2 aromatic rings. The molecule has 2 saturated heterocycles. The quantitative estimate of drug-likeness (QED) is 0.869. The molecule has 0 unspecified atom stereocenters. The lowest BCUT2D eigenvalue weighted by molar-refractivity contribution is 0.0688. The molecule has 7 heteroatoms. The molecule has 0 radical (unpaired) electrons. The number of phenolic OH excluding ortho intramolecular Hbond substituents is 1. The summed E-state index contributed by atoms with van der Waals surface area (Å²) in [5, 5.41) is 15.9. The van der Waals surface area contributed by atoms with Gasteiger partial charge in [-0.3, -0.25) is 14.7 Å². The number of amides is 2. The summed E-state index contributed by atoms with van der Waals surface area (Å²) in [5.74, 6) is 0.0420. The van der Waals surface area contributed by atoms with Crippen LogP contribution in [-0.2, 0) is 0 Å². The third-order valence-electron chi connectivity index (χ3n) is 4.94. The van der Waals surface area contributed by atoms with E-state index in [9.17, 15) is 14.7 Å². The van der Waals surface area contributed by atoms with Crippen LogP contribution in [0.15, 0.2) is 36.5 Å². The molecule has 0 saturated carbocycles. The van der Waals surface area contributed by atoms with Gasteiger partial charge in [0.05, 0.1) is 12.1 Å². The SMILES string of the molecule is O=C(c1ccc(O)cc1)N1CC[C@H]2[C@H]1CCN2C(=O)c1ccn[nH]1. The van der Waals surface area contributed by atoms with Gasteiger partial charge in [-0.15, -0.1) is 0 Å². The van der Waals surface area contributed by atoms with Crippen molar-refractivity contribution >= 4 is 11.8 Å². The molecule has 2 N–H and O–H groups in total. The third kappa shape index (κ3) is 2.33. The van der Waals surface area contributed by atoms with Gasteiger partial charge in [-0.25, -0.2) is 0 Å². The van der Waals surface area contributed by atoms with E-state index in [2.05, 4.69) is 10.2 Å². The highest BCUT2D eigenvalue weighted by molar-refractivity contribution is 5.95. The predicted molar refractivity (Wildman–Crippen MR) is 85.6 cm³/mol. The van der Waals surface area contributed by atoms with Crippen molar-refractivity contribution < 1.29 is 14.7 Å². The molecule has 2 aliphatic rings. The number of hydrogen-bond donors (Lipinski definition) is 2. The van der Waals surface area contributed by atoms with Gasteiger partial charge in [-0.05, 0) is 43.2 Å². The summed E-state index contributed by atoms with van der Waals surface area (Å²) in [6.07, 6.45) is 3.14. The minimum atomic E-state index is -0.0565. The molecule has 2 fully saturated rings. The van der Waals surface area contributed by atoms with Crippen LogP contribution in [-0.4, -0.2) is 62.1 Å². The van der Waals surface area contributed by atoms with Gasteiger partial charge in [0.1, 0.15) is 11.4 Å². The van der Waals surface area contributed by atoms with Gasteiger partial charge in [-0.2, -0.15) is 5.10 Å². The number of rotatable bonds is 2. The van der Waals surface area contributed by atoms with Crippen molar-refractivity contribution in [3.63, 3.8) is 0 Å². The first-order valence-corrected chi connectivity index (χ1v) is 8.05. The van der Waals surface area contributed by atoms with Crippen molar-refractivity contribution in [3.8, 4) is 5.75 Å². The Morgan fingerprint density at radius 2 is 1.62 bits per heavy atom. The van der Waals surface area contributed by atoms with Crippen LogP contribution in [0.5, 0.6) is 5.75 Å². The fraction of sp³-hybridized carbons (Fsp3) is 0.353. The predicted octanol–water partition coefficient (Wildman–Crippen LogP) is 1.24. The number of hydrogen-bond acceptors (Lipinski definition) is 4. The Labute approximate surface area is 138 Å². The number of nitrogens with one attached hydrogen (secondary N) is 1. The van der Waals surface area contributed by atoms with Crippen LogP contribution in [0.1, 0.15) is 33.7 Å². The molecule has 124 valence electrons. The molecule has 1 aromatic carbocycles. The van der Waals surface area contributed by atoms with E-state index >= 15 is 0 Å². The molecular weight excluding hydrogens is 308 g/mol. The number of benzene rings is 1. The molecule has 4 rings (SSSR count). The number of carbonyl (C=O) groups excluding carboxylic acids is 2. The largest absolute Gasteiger partial charge is 0.508 e. The lowest BCUT2D eigenvalue weighted by Crippen LogP contribution is -2.41. The third-order valence-corrected chi connectivity index (χ3v) is 4.94.